The minimum absolute atomic E-state index is 0.404. The van der Waals surface area contributed by atoms with Gasteiger partial charge in [0.05, 0.1) is 12.7 Å². The first-order valence-electron chi connectivity index (χ1n) is 7.42. The van der Waals surface area contributed by atoms with Gasteiger partial charge in [-0.15, -0.1) is 0 Å². The van der Waals surface area contributed by atoms with Gasteiger partial charge in [0.2, 0.25) is 0 Å². The third-order valence-electron chi connectivity index (χ3n) is 3.37. The van der Waals surface area contributed by atoms with Crippen LogP contribution >= 0.6 is 0 Å². The van der Waals surface area contributed by atoms with E-state index in [9.17, 15) is 0 Å². The Morgan fingerprint density at radius 2 is 2.11 bits per heavy atom. The summed E-state index contributed by atoms with van der Waals surface area (Å²) in [5, 5.41) is 3.47. The molecule has 106 valence electrons. The number of hydrogen-bond acceptors (Lipinski definition) is 3. The van der Waals surface area contributed by atoms with Crippen LogP contribution in [0.3, 0.4) is 0 Å². The van der Waals surface area contributed by atoms with Crippen molar-refractivity contribution in [2.45, 2.75) is 45.3 Å². The number of ether oxygens (including phenoxy) is 2. The lowest BCUT2D eigenvalue weighted by Gasteiger charge is -2.22. The molecule has 3 nitrogen and oxygen atoms in total. The highest BCUT2D eigenvalue weighted by Gasteiger charge is 2.12. The first-order valence-corrected chi connectivity index (χ1v) is 7.42. The summed E-state index contributed by atoms with van der Waals surface area (Å²) in [7, 11) is 0. The zero-order chi connectivity index (χ0) is 13.3. The van der Waals surface area contributed by atoms with Crippen LogP contribution in [0.5, 0.6) is 5.75 Å². The minimum Gasteiger partial charge on any atom is -0.494 e. The van der Waals surface area contributed by atoms with Gasteiger partial charge >= 0.3 is 0 Å². The van der Waals surface area contributed by atoms with E-state index in [0.717, 1.165) is 38.5 Å². The molecule has 0 bridgehead atoms. The standard InChI is InChI=1S/C16H25NO2/c1-2-10-18-15-8-6-14(7-9-15)12-17-13-16-5-3-4-11-19-16/h6-9,16-17H,2-5,10-13H2,1H3. The molecule has 1 heterocycles. The van der Waals surface area contributed by atoms with Crippen LogP contribution in [0.25, 0.3) is 0 Å². The second-order valence-electron chi connectivity index (χ2n) is 5.11. The topological polar surface area (TPSA) is 30.5 Å². The fourth-order valence-corrected chi connectivity index (χ4v) is 2.27. The summed E-state index contributed by atoms with van der Waals surface area (Å²) in [6.45, 7) is 5.68. The normalized spacial score (nSPS) is 19.3. The second kappa shape index (κ2) is 8.18. The van der Waals surface area contributed by atoms with Crippen molar-refractivity contribution in [2.75, 3.05) is 19.8 Å². The van der Waals surface area contributed by atoms with E-state index < -0.39 is 0 Å². The Morgan fingerprint density at radius 1 is 1.26 bits per heavy atom. The van der Waals surface area contributed by atoms with Gasteiger partial charge in [0.25, 0.3) is 0 Å². The van der Waals surface area contributed by atoms with Crippen molar-refractivity contribution in [2.24, 2.45) is 0 Å². The third-order valence-corrected chi connectivity index (χ3v) is 3.37. The summed E-state index contributed by atoms with van der Waals surface area (Å²) in [4.78, 5) is 0. The fourth-order valence-electron chi connectivity index (χ4n) is 2.27. The summed E-state index contributed by atoms with van der Waals surface area (Å²) >= 11 is 0. The molecular weight excluding hydrogens is 238 g/mol. The molecule has 0 aliphatic carbocycles. The van der Waals surface area contributed by atoms with Crippen LogP contribution in [-0.4, -0.2) is 25.9 Å². The Bertz CT molecular complexity index is 344. The van der Waals surface area contributed by atoms with E-state index in [1.807, 2.05) is 12.1 Å². The van der Waals surface area contributed by atoms with Crippen molar-refractivity contribution in [1.82, 2.24) is 5.32 Å². The quantitative estimate of drug-likeness (QED) is 0.820. The smallest absolute Gasteiger partial charge is 0.119 e. The summed E-state index contributed by atoms with van der Waals surface area (Å²) in [5.74, 6) is 0.959. The van der Waals surface area contributed by atoms with Crippen LogP contribution < -0.4 is 10.1 Å². The fraction of sp³-hybridized carbons (Fsp3) is 0.625. The first-order chi connectivity index (χ1) is 9.38. The van der Waals surface area contributed by atoms with Gasteiger partial charge in [0, 0.05) is 19.7 Å². The van der Waals surface area contributed by atoms with Gasteiger partial charge in [-0.05, 0) is 43.4 Å². The van der Waals surface area contributed by atoms with Gasteiger partial charge in [-0.3, -0.25) is 0 Å². The molecule has 1 aromatic rings. The average molecular weight is 263 g/mol. The zero-order valence-corrected chi connectivity index (χ0v) is 11.9. The van der Waals surface area contributed by atoms with E-state index >= 15 is 0 Å². The SMILES string of the molecule is CCCOc1ccc(CNCC2CCCCO2)cc1. The molecule has 1 aliphatic rings. The van der Waals surface area contributed by atoms with Crippen LogP contribution in [0, 0.1) is 0 Å². The monoisotopic (exact) mass is 263 g/mol. The van der Waals surface area contributed by atoms with Gasteiger partial charge in [0.15, 0.2) is 0 Å². The van der Waals surface area contributed by atoms with E-state index in [2.05, 4.69) is 24.4 Å². The molecule has 1 fully saturated rings. The highest BCUT2D eigenvalue weighted by atomic mass is 16.5. The van der Waals surface area contributed by atoms with E-state index in [4.69, 9.17) is 9.47 Å². The summed E-state index contributed by atoms with van der Waals surface area (Å²) in [6, 6.07) is 8.34. The van der Waals surface area contributed by atoms with Crippen molar-refractivity contribution in [3.63, 3.8) is 0 Å². The van der Waals surface area contributed by atoms with Crippen LogP contribution in [-0.2, 0) is 11.3 Å². The molecule has 1 saturated heterocycles. The molecule has 1 aliphatic heterocycles. The molecule has 0 radical (unpaired) electrons. The molecule has 1 atom stereocenters. The highest BCUT2D eigenvalue weighted by molar-refractivity contribution is 5.27. The lowest BCUT2D eigenvalue weighted by molar-refractivity contribution is 0.0168. The van der Waals surface area contributed by atoms with E-state index in [-0.39, 0.29) is 0 Å². The molecular formula is C16H25NO2. The molecule has 0 aromatic heterocycles. The zero-order valence-electron chi connectivity index (χ0n) is 11.9. The predicted molar refractivity (Wildman–Crippen MR) is 77.5 cm³/mol. The van der Waals surface area contributed by atoms with Gasteiger partial charge in [-0.2, -0.15) is 0 Å². The van der Waals surface area contributed by atoms with Crippen LogP contribution in [0.1, 0.15) is 38.2 Å². The Hall–Kier alpha value is -1.06. The average Bonchev–Trinajstić information content (AvgIpc) is 2.47. The summed E-state index contributed by atoms with van der Waals surface area (Å²) in [6.07, 6.45) is 5.16. The van der Waals surface area contributed by atoms with Gasteiger partial charge in [-0.25, -0.2) is 0 Å². The molecule has 19 heavy (non-hydrogen) atoms. The summed E-state index contributed by atoms with van der Waals surface area (Å²) < 4.78 is 11.3. The van der Waals surface area contributed by atoms with E-state index in [1.54, 1.807) is 0 Å². The first kappa shape index (κ1) is 14.4. The molecule has 1 aromatic carbocycles. The van der Waals surface area contributed by atoms with Crippen molar-refractivity contribution in [3.8, 4) is 5.75 Å². The van der Waals surface area contributed by atoms with Crippen LogP contribution in [0.15, 0.2) is 24.3 Å². The molecule has 0 amide bonds. The molecule has 2 rings (SSSR count). The van der Waals surface area contributed by atoms with Gasteiger partial charge in [-0.1, -0.05) is 19.1 Å². The highest BCUT2D eigenvalue weighted by Crippen LogP contribution is 2.13. The molecule has 0 spiro atoms. The molecule has 3 heteroatoms. The predicted octanol–water partition coefficient (Wildman–Crippen LogP) is 3.13. The third kappa shape index (κ3) is 5.21. The second-order valence-corrected chi connectivity index (χ2v) is 5.11. The Morgan fingerprint density at radius 3 is 2.79 bits per heavy atom. The maximum atomic E-state index is 5.70. The van der Waals surface area contributed by atoms with Crippen LogP contribution in [0.2, 0.25) is 0 Å². The molecule has 1 N–H and O–H groups in total. The van der Waals surface area contributed by atoms with Gasteiger partial charge in [0.1, 0.15) is 5.75 Å². The Balaban J connectivity index is 1.67. The summed E-state index contributed by atoms with van der Waals surface area (Å²) in [5.41, 5.74) is 1.29. The number of rotatable bonds is 7. The molecule has 1 unspecified atom stereocenters. The number of nitrogens with one attached hydrogen (secondary N) is 1. The minimum atomic E-state index is 0.404. The van der Waals surface area contributed by atoms with Crippen molar-refractivity contribution in [1.29, 1.82) is 0 Å². The lowest BCUT2D eigenvalue weighted by Crippen LogP contribution is -2.31. The Kier molecular flexibility index (Phi) is 6.18. The number of hydrogen-bond donors (Lipinski definition) is 1. The molecule has 0 saturated carbocycles. The van der Waals surface area contributed by atoms with Crippen molar-refractivity contribution in [3.05, 3.63) is 29.8 Å². The Labute approximate surface area is 116 Å². The maximum absolute atomic E-state index is 5.70. The van der Waals surface area contributed by atoms with E-state index in [0.29, 0.717) is 6.10 Å². The van der Waals surface area contributed by atoms with Crippen molar-refractivity contribution < 1.29 is 9.47 Å². The van der Waals surface area contributed by atoms with Crippen LogP contribution in [0.4, 0.5) is 0 Å². The number of benzene rings is 1. The van der Waals surface area contributed by atoms with Gasteiger partial charge < -0.3 is 14.8 Å². The lowest BCUT2D eigenvalue weighted by atomic mass is 10.1. The maximum Gasteiger partial charge on any atom is 0.119 e. The van der Waals surface area contributed by atoms with E-state index in [1.165, 1.54) is 24.8 Å². The largest absolute Gasteiger partial charge is 0.494 e. The van der Waals surface area contributed by atoms with Crippen molar-refractivity contribution >= 4 is 0 Å².